The van der Waals surface area contributed by atoms with Crippen LogP contribution in [0, 0.1) is 0 Å². The Morgan fingerprint density at radius 1 is 0.250 bits per heavy atom. The van der Waals surface area contributed by atoms with Crippen molar-refractivity contribution in [2.75, 3.05) is 4.90 Å². The quantitative estimate of drug-likeness (QED) is 0.148. The second-order valence-corrected chi connectivity index (χ2v) is 16.5. The topological polar surface area (TPSA) is 8.17 Å². The van der Waals surface area contributed by atoms with Gasteiger partial charge in [0.1, 0.15) is 0 Å². The zero-order valence-corrected chi connectivity index (χ0v) is 35.1. The van der Waals surface area contributed by atoms with E-state index in [1.54, 1.807) is 0 Å². The fourth-order valence-electron chi connectivity index (χ4n) is 9.73. The highest BCUT2D eigenvalue weighted by atomic mass is 15.1. The molecule has 0 fully saturated rings. The molecule has 0 spiro atoms. The van der Waals surface area contributed by atoms with Crippen molar-refractivity contribution in [1.82, 2.24) is 4.57 Å². The van der Waals surface area contributed by atoms with E-state index in [1.807, 2.05) is 0 Å². The van der Waals surface area contributed by atoms with Crippen molar-refractivity contribution in [2.45, 2.75) is 0 Å². The van der Waals surface area contributed by atoms with Gasteiger partial charge in [-0.3, -0.25) is 0 Å². The van der Waals surface area contributed by atoms with Gasteiger partial charge in [-0.05, 0) is 133 Å². The van der Waals surface area contributed by atoms with Crippen molar-refractivity contribution in [3.8, 4) is 50.2 Å². The molecule has 0 N–H and O–H groups in total. The first-order valence-corrected chi connectivity index (χ1v) is 22.0. The summed E-state index contributed by atoms with van der Waals surface area (Å²) < 4.78 is 2.39. The summed E-state index contributed by atoms with van der Waals surface area (Å²) in [6.07, 6.45) is 0. The minimum Gasteiger partial charge on any atom is -0.310 e. The highest BCUT2D eigenvalue weighted by Crippen LogP contribution is 2.41. The largest absolute Gasteiger partial charge is 0.310 e. The van der Waals surface area contributed by atoms with Crippen LogP contribution in [0.15, 0.2) is 255 Å². The first kappa shape index (κ1) is 37.3. The lowest BCUT2D eigenvalue weighted by molar-refractivity contribution is 1.18. The van der Waals surface area contributed by atoms with Crippen LogP contribution in [-0.4, -0.2) is 4.57 Å². The maximum absolute atomic E-state index is 2.39. The van der Waals surface area contributed by atoms with Gasteiger partial charge in [-0.15, -0.1) is 0 Å². The van der Waals surface area contributed by atoms with Crippen LogP contribution in [-0.2, 0) is 0 Å². The number of hydrogen-bond donors (Lipinski definition) is 0. The molecular formula is C62H42N2. The predicted octanol–water partition coefficient (Wildman–Crippen LogP) is 17.2. The molecule has 1 aromatic heterocycles. The van der Waals surface area contributed by atoms with Crippen LogP contribution in [0.4, 0.5) is 17.1 Å². The normalized spacial score (nSPS) is 11.4. The SMILES string of the molecule is c1cc(-c2ccc(N(c3cccc(-c4cccc(-n5c6ccccc6c6ccccc65)c4)c3)c3cccc(-c4cccc5ccccc45)c3)cc2)cc(-c2cccc3ccccc23)c1. The van der Waals surface area contributed by atoms with Gasteiger partial charge in [0.2, 0.25) is 0 Å². The summed E-state index contributed by atoms with van der Waals surface area (Å²) in [6.45, 7) is 0. The highest BCUT2D eigenvalue weighted by molar-refractivity contribution is 6.09. The molecule has 0 radical (unpaired) electrons. The Labute approximate surface area is 373 Å². The standard InChI is InChI=1S/C62H42N2/c1-3-27-55-44(15-1)17-13-31-57(55)49-22-9-19-46(39-49)43-35-37-51(38-36-43)63(53-25-12-23-50(42-53)58-32-14-18-45-16-2-4-28-56(45)58)52-24-10-20-47(40-52)48-21-11-26-54(41-48)64-61-33-7-5-29-59(61)60-30-6-8-34-62(60)64/h1-42H. The maximum Gasteiger partial charge on any atom is 0.0541 e. The van der Waals surface area contributed by atoms with E-state index in [0.29, 0.717) is 0 Å². The molecule has 12 rings (SSSR count). The number of para-hydroxylation sites is 2. The first-order valence-electron chi connectivity index (χ1n) is 22.0. The summed E-state index contributed by atoms with van der Waals surface area (Å²) in [7, 11) is 0. The number of nitrogens with zero attached hydrogens (tertiary/aromatic N) is 2. The van der Waals surface area contributed by atoms with E-state index in [2.05, 4.69) is 264 Å². The van der Waals surface area contributed by atoms with E-state index in [-0.39, 0.29) is 0 Å². The lowest BCUT2D eigenvalue weighted by atomic mass is 9.95. The summed E-state index contributed by atoms with van der Waals surface area (Å²) in [4.78, 5) is 2.39. The van der Waals surface area contributed by atoms with Gasteiger partial charge < -0.3 is 9.47 Å². The van der Waals surface area contributed by atoms with Crippen molar-refractivity contribution in [1.29, 1.82) is 0 Å². The van der Waals surface area contributed by atoms with Crippen LogP contribution in [0.2, 0.25) is 0 Å². The van der Waals surface area contributed by atoms with Gasteiger partial charge in [-0.1, -0.05) is 188 Å². The Balaban J connectivity index is 0.964. The molecule has 0 aliphatic heterocycles. The second-order valence-electron chi connectivity index (χ2n) is 16.5. The van der Waals surface area contributed by atoms with Gasteiger partial charge in [0, 0.05) is 33.5 Å². The van der Waals surface area contributed by atoms with E-state index in [0.717, 1.165) is 33.9 Å². The fourth-order valence-corrected chi connectivity index (χ4v) is 9.73. The van der Waals surface area contributed by atoms with Gasteiger partial charge in [-0.2, -0.15) is 0 Å². The maximum atomic E-state index is 2.39. The van der Waals surface area contributed by atoms with Crippen LogP contribution in [0.5, 0.6) is 0 Å². The van der Waals surface area contributed by atoms with Crippen LogP contribution < -0.4 is 4.90 Å². The lowest BCUT2D eigenvalue weighted by Crippen LogP contribution is -2.10. The Morgan fingerprint density at radius 3 is 1.28 bits per heavy atom. The third kappa shape index (κ3) is 6.61. The smallest absolute Gasteiger partial charge is 0.0541 e. The molecule has 11 aromatic carbocycles. The molecule has 12 aromatic rings. The minimum absolute atomic E-state index is 1.08. The number of hydrogen-bond acceptors (Lipinski definition) is 1. The predicted molar refractivity (Wildman–Crippen MR) is 272 cm³/mol. The van der Waals surface area contributed by atoms with E-state index < -0.39 is 0 Å². The van der Waals surface area contributed by atoms with Crippen LogP contribution in [0.25, 0.3) is 93.5 Å². The Kier molecular flexibility index (Phi) is 9.20. The zero-order chi connectivity index (χ0) is 42.4. The van der Waals surface area contributed by atoms with Gasteiger partial charge in [0.25, 0.3) is 0 Å². The van der Waals surface area contributed by atoms with Gasteiger partial charge in [0.15, 0.2) is 0 Å². The summed E-state index contributed by atoms with van der Waals surface area (Å²) in [5, 5.41) is 7.51. The molecule has 0 aliphatic carbocycles. The number of anilines is 3. The molecule has 2 nitrogen and oxygen atoms in total. The first-order chi connectivity index (χ1) is 31.7. The number of fused-ring (bicyclic) bond motifs is 5. The third-order valence-electron chi connectivity index (χ3n) is 12.7. The van der Waals surface area contributed by atoms with Crippen molar-refractivity contribution in [2.24, 2.45) is 0 Å². The second kappa shape index (κ2) is 15.8. The monoisotopic (exact) mass is 814 g/mol. The van der Waals surface area contributed by atoms with E-state index in [4.69, 9.17) is 0 Å². The van der Waals surface area contributed by atoms with E-state index in [9.17, 15) is 0 Å². The number of aromatic nitrogens is 1. The molecule has 0 unspecified atom stereocenters. The molecule has 0 amide bonds. The van der Waals surface area contributed by atoms with Crippen LogP contribution in [0.3, 0.4) is 0 Å². The van der Waals surface area contributed by atoms with Gasteiger partial charge >= 0.3 is 0 Å². The zero-order valence-electron chi connectivity index (χ0n) is 35.1. The molecule has 64 heavy (non-hydrogen) atoms. The lowest BCUT2D eigenvalue weighted by Gasteiger charge is -2.27. The van der Waals surface area contributed by atoms with Gasteiger partial charge in [-0.25, -0.2) is 0 Å². The van der Waals surface area contributed by atoms with Gasteiger partial charge in [0.05, 0.1) is 11.0 Å². The van der Waals surface area contributed by atoms with Crippen molar-refractivity contribution in [3.05, 3.63) is 255 Å². The molecule has 0 atom stereocenters. The molecule has 0 saturated heterocycles. The summed E-state index contributed by atoms with van der Waals surface area (Å²) in [6, 6.07) is 92.7. The molecule has 0 aliphatic rings. The van der Waals surface area contributed by atoms with E-state index >= 15 is 0 Å². The van der Waals surface area contributed by atoms with Crippen molar-refractivity contribution in [3.63, 3.8) is 0 Å². The van der Waals surface area contributed by atoms with Crippen LogP contribution in [0.1, 0.15) is 0 Å². The molecule has 0 saturated carbocycles. The Hall–Kier alpha value is -8.46. The molecule has 1 heterocycles. The minimum atomic E-state index is 1.08. The summed E-state index contributed by atoms with van der Waals surface area (Å²) >= 11 is 0. The van der Waals surface area contributed by atoms with E-state index in [1.165, 1.54) is 76.7 Å². The Bertz CT molecular complexity index is 3620. The summed E-state index contributed by atoms with van der Waals surface area (Å²) in [5.41, 5.74) is 16.3. The van der Waals surface area contributed by atoms with Crippen LogP contribution >= 0.6 is 0 Å². The fraction of sp³-hybridized carbons (Fsp3) is 0. The summed E-state index contributed by atoms with van der Waals surface area (Å²) in [5.74, 6) is 0. The van der Waals surface area contributed by atoms with Crippen molar-refractivity contribution < 1.29 is 0 Å². The molecule has 2 heteroatoms. The number of benzene rings is 11. The van der Waals surface area contributed by atoms with Crippen molar-refractivity contribution >= 4 is 60.4 Å². The number of rotatable bonds is 8. The third-order valence-corrected chi connectivity index (χ3v) is 12.7. The molecular weight excluding hydrogens is 773 g/mol. The Morgan fingerprint density at radius 2 is 0.672 bits per heavy atom. The molecule has 300 valence electrons. The average molecular weight is 815 g/mol. The highest BCUT2D eigenvalue weighted by Gasteiger charge is 2.17. The molecule has 0 bridgehead atoms. The average Bonchev–Trinajstić information content (AvgIpc) is 3.71.